The van der Waals surface area contributed by atoms with Crippen LogP contribution >= 0.6 is 0 Å². The first kappa shape index (κ1) is 21.4. The third-order valence-electron chi connectivity index (χ3n) is 6.78. The number of allylic oxidation sites excluding steroid dienone is 1. The summed E-state index contributed by atoms with van der Waals surface area (Å²) >= 11 is 0. The molecule has 0 N–H and O–H groups in total. The minimum Gasteiger partial charge on any atom is -0.445 e. The van der Waals surface area contributed by atoms with Crippen LogP contribution in [0.15, 0.2) is 72.3 Å². The molecule has 3 atom stereocenters. The molecule has 5 rings (SSSR count). The molecule has 3 aliphatic rings. The zero-order valence-corrected chi connectivity index (χ0v) is 18.7. The highest BCUT2D eigenvalue weighted by Crippen LogP contribution is 2.44. The molecule has 6 nitrogen and oxygen atoms in total. The molecule has 1 saturated heterocycles. The summed E-state index contributed by atoms with van der Waals surface area (Å²) in [7, 11) is 0. The fourth-order valence-electron chi connectivity index (χ4n) is 5.03. The SMILES string of the molecule is CC1=CC(N(Cc2ccccc2)C(=O)OCc2ccccc2)C2C(=O)N(C3CC3)C(=O)C2C1. The number of likely N-dealkylation sites (tertiary alicyclic amines) is 1. The molecule has 1 saturated carbocycles. The highest BCUT2D eigenvalue weighted by Gasteiger charge is 2.57. The Labute approximate surface area is 193 Å². The molecule has 0 aromatic heterocycles. The Hall–Kier alpha value is -3.41. The van der Waals surface area contributed by atoms with Crippen molar-refractivity contribution in [3.05, 3.63) is 83.4 Å². The molecule has 3 unspecified atom stereocenters. The second-order valence-corrected chi connectivity index (χ2v) is 9.27. The molecule has 170 valence electrons. The number of ether oxygens (including phenoxy) is 1. The number of carbonyl (C=O) groups is 3. The molecule has 2 aromatic carbocycles. The van der Waals surface area contributed by atoms with Crippen LogP contribution in [0.25, 0.3) is 0 Å². The molecule has 2 aromatic rings. The van der Waals surface area contributed by atoms with Crippen molar-refractivity contribution in [2.24, 2.45) is 11.8 Å². The Balaban J connectivity index is 1.45. The number of nitrogens with zero attached hydrogens (tertiary/aromatic N) is 2. The van der Waals surface area contributed by atoms with E-state index in [-0.39, 0.29) is 24.5 Å². The predicted octanol–water partition coefficient (Wildman–Crippen LogP) is 4.31. The van der Waals surface area contributed by atoms with E-state index in [1.54, 1.807) is 4.90 Å². The molecule has 0 radical (unpaired) electrons. The van der Waals surface area contributed by atoms with Crippen LogP contribution in [0.1, 0.15) is 37.3 Å². The Morgan fingerprint density at radius 3 is 2.24 bits per heavy atom. The van der Waals surface area contributed by atoms with Gasteiger partial charge in [0.2, 0.25) is 11.8 Å². The maximum absolute atomic E-state index is 13.4. The highest BCUT2D eigenvalue weighted by molar-refractivity contribution is 6.06. The summed E-state index contributed by atoms with van der Waals surface area (Å²) < 4.78 is 5.70. The van der Waals surface area contributed by atoms with Crippen molar-refractivity contribution in [2.75, 3.05) is 0 Å². The van der Waals surface area contributed by atoms with Crippen LogP contribution in [-0.2, 0) is 27.5 Å². The molecule has 33 heavy (non-hydrogen) atoms. The summed E-state index contributed by atoms with van der Waals surface area (Å²) in [5.41, 5.74) is 2.86. The molecule has 0 bridgehead atoms. The molecule has 0 spiro atoms. The lowest BCUT2D eigenvalue weighted by molar-refractivity contribution is -0.140. The van der Waals surface area contributed by atoms with Crippen LogP contribution in [0.4, 0.5) is 4.79 Å². The van der Waals surface area contributed by atoms with E-state index in [1.165, 1.54) is 4.90 Å². The summed E-state index contributed by atoms with van der Waals surface area (Å²) in [6.07, 6.45) is 3.81. The van der Waals surface area contributed by atoms with Gasteiger partial charge in [-0.3, -0.25) is 19.4 Å². The van der Waals surface area contributed by atoms with Crippen molar-refractivity contribution in [3.8, 4) is 0 Å². The number of fused-ring (bicyclic) bond motifs is 1. The van der Waals surface area contributed by atoms with Crippen LogP contribution in [0.3, 0.4) is 0 Å². The van der Waals surface area contributed by atoms with Crippen LogP contribution in [0.2, 0.25) is 0 Å². The van der Waals surface area contributed by atoms with Crippen molar-refractivity contribution < 1.29 is 19.1 Å². The van der Waals surface area contributed by atoms with E-state index in [2.05, 4.69) is 0 Å². The summed E-state index contributed by atoms with van der Waals surface area (Å²) in [6, 6.07) is 18.7. The molecule has 1 aliphatic heterocycles. The number of amides is 3. The lowest BCUT2D eigenvalue weighted by Gasteiger charge is -2.37. The molecular formula is C27H28N2O4. The lowest BCUT2D eigenvalue weighted by atomic mass is 9.77. The maximum Gasteiger partial charge on any atom is 0.410 e. The van der Waals surface area contributed by atoms with Gasteiger partial charge < -0.3 is 4.74 Å². The van der Waals surface area contributed by atoms with Crippen molar-refractivity contribution >= 4 is 17.9 Å². The van der Waals surface area contributed by atoms with Crippen molar-refractivity contribution in [3.63, 3.8) is 0 Å². The first-order valence-corrected chi connectivity index (χ1v) is 11.6. The number of carbonyl (C=O) groups excluding carboxylic acids is 3. The minimum atomic E-state index is -0.560. The van der Waals surface area contributed by atoms with E-state index in [1.807, 2.05) is 73.7 Å². The van der Waals surface area contributed by atoms with E-state index in [0.717, 1.165) is 29.5 Å². The summed E-state index contributed by atoms with van der Waals surface area (Å²) in [5.74, 6) is -1.19. The molecule has 2 aliphatic carbocycles. The second-order valence-electron chi connectivity index (χ2n) is 9.27. The molecular weight excluding hydrogens is 416 g/mol. The van der Waals surface area contributed by atoms with Crippen LogP contribution < -0.4 is 0 Å². The smallest absolute Gasteiger partial charge is 0.410 e. The molecule has 1 heterocycles. The standard InChI is InChI=1S/C27H28N2O4/c1-18-14-22-24(26(31)29(25(22)30)21-12-13-21)23(15-18)28(16-19-8-4-2-5-9-19)27(32)33-17-20-10-6-3-7-11-20/h2-11,15,21-24H,12-14,16-17H2,1H3. The van der Waals surface area contributed by atoms with Gasteiger partial charge in [0.15, 0.2) is 0 Å². The van der Waals surface area contributed by atoms with Gasteiger partial charge in [-0.05, 0) is 37.3 Å². The van der Waals surface area contributed by atoms with Gasteiger partial charge >= 0.3 is 6.09 Å². The van der Waals surface area contributed by atoms with Crippen LogP contribution in [0, 0.1) is 11.8 Å². The van der Waals surface area contributed by atoms with E-state index >= 15 is 0 Å². The van der Waals surface area contributed by atoms with Gasteiger partial charge in [-0.1, -0.05) is 72.3 Å². The zero-order valence-electron chi connectivity index (χ0n) is 18.7. The average Bonchev–Trinajstić information content (AvgIpc) is 3.63. The van der Waals surface area contributed by atoms with Crippen LogP contribution in [0.5, 0.6) is 0 Å². The largest absolute Gasteiger partial charge is 0.445 e. The van der Waals surface area contributed by atoms with Gasteiger partial charge in [-0.2, -0.15) is 0 Å². The highest BCUT2D eigenvalue weighted by atomic mass is 16.6. The van der Waals surface area contributed by atoms with Crippen molar-refractivity contribution in [2.45, 2.75) is 51.4 Å². The van der Waals surface area contributed by atoms with Gasteiger partial charge in [0.1, 0.15) is 6.61 Å². The van der Waals surface area contributed by atoms with Gasteiger partial charge in [0.25, 0.3) is 0 Å². The Bertz CT molecular complexity index is 1080. The van der Waals surface area contributed by atoms with Gasteiger partial charge in [-0.15, -0.1) is 0 Å². The number of hydrogen-bond donors (Lipinski definition) is 0. The fourth-order valence-corrected chi connectivity index (χ4v) is 5.03. The molecule has 6 heteroatoms. The van der Waals surface area contributed by atoms with E-state index < -0.39 is 24.0 Å². The van der Waals surface area contributed by atoms with E-state index in [9.17, 15) is 14.4 Å². The normalized spacial score (nSPS) is 24.3. The van der Waals surface area contributed by atoms with Gasteiger partial charge in [-0.25, -0.2) is 4.79 Å². The van der Waals surface area contributed by atoms with Gasteiger partial charge in [0, 0.05) is 12.6 Å². The monoisotopic (exact) mass is 444 g/mol. The zero-order chi connectivity index (χ0) is 22.9. The quantitative estimate of drug-likeness (QED) is 0.492. The Kier molecular flexibility index (Phi) is 5.75. The Morgan fingerprint density at radius 2 is 1.61 bits per heavy atom. The van der Waals surface area contributed by atoms with Crippen LogP contribution in [-0.4, -0.2) is 39.8 Å². The number of imide groups is 1. The summed E-state index contributed by atoms with van der Waals surface area (Å²) in [5, 5.41) is 0. The predicted molar refractivity (Wildman–Crippen MR) is 123 cm³/mol. The topological polar surface area (TPSA) is 66.9 Å². The average molecular weight is 445 g/mol. The summed E-state index contributed by atoms with van der Waals surface area (Å²) in [6.45, 7) is 2.42. The second kappa shape index (κ2) is 8.85. The minimum absolute atomic E-state index is 0.0316. The van der Waals surface area contributed by atoms with Crippen molar-refractivity contribution in [1.29, 1.82) is 0 Å². The van der Waals surface area contributed by atoms with Crippen molar-refractivity contribution in [1.82, 2.24) is 9.80 Å². The molecule has 2 fully saturated rings. The number of benzene rings is 2. The van der Waals surface area contributed by atoms with E-state index in [0.29, 0.717) is 13.0 Å². The number of hydrogen-bond acceptors (Lipinski definition) is 4. The third kappa shape index (κ3) is 4.30. The molecule has 3 amide bonds. The van der Waals surface area contributed by atoms with E-state index in [4.69, 9.17) is 4.74 Å². The van der Waals surface area contributed by atoms with Gasteiger partial charge in [0.05, 0.1) is 17.9 Å². The first-order valence-electron chi connectivity index (χ1n) is 11.6. The fraction of sp³-hybridized carbons (Fsp3) is 0.370. The first-order chi connectivity index (χ1) is 16.0. The number of rotatable bonds is 6. The lowest BCUT2D eigenvalue weighted by Crippen LogP contribution is -2.48. The Morgan fingerprint density at radius 1 is 0.970 bits per heavy atom. The maximum atomic E-state index is 13.4. The third-order valence-corrected chi connectivity index (χ3v) is 6.78. The summed E-state index contributed by atoms with van der Waals surface area (Å²) in [4.78, 5) is 43.0.